The monoisotopic (exact) mass is 431 g/mol. The SMILES string of the molecule is COC(CNC(O)c1cccc(Cn2nc(-c3cc(F)cc(F)c3)ccc2=O)c1)OC. The lowest BCUT2D eigenvalue weighted by Gasteiger charge is -2.18. The maximum absolute atomic E-state index is 13.5. The first kappa shape index (κ1) is 22.7. The van der Waals surface area contributed by atoms with Crippen molar-refractivity contribution in [1.82, 2.24) is 15.1 Å². The van der Waals surface area contributed by atoms with Crippen molar-refractivity contribution in [2.45, 2.75) is 19.1 Å². The van der Waals surface area contributed by atoms with Crippen LogP contribution in [0, 0.1) is 11.6 Å². The van der Waals surface area contributed by atoms with E-state index in [9.17, 15) is 18.7 Å². The van der Waals surface area contributed by atoms with E-state index in [1.165, 1.54) is 31.0 Å². The predicted octanol–water partition coefficient (Wildman–Crippen LogP) is 2.44. The van der Waals surface area contributed by atoms with Gasteiger partial charge < -0.3 is 14.6 Å². The van der Waals surface area contributed by atoms with Gasteiger partial charge in [0.05, 0.1) is 12.2 Å². The van der Waals surface area contributed by atoms with Gasteiger partial charge >= 0.3 is 0 Å². The number of ether oxygens (including phenoxy) is 2. The Labute approximate surface area is 177 Å². The molecule has 2 N–H and O–H groups in total. The van der Waals surface area contributed by atoms with Gasteiger partial charge in [0.2, 0.25) is 0 Å². The molecule has 164 valence electrons. The average molecular weight is 431 g/mol. The lowest BCUT2D eigenvalue weighted by Crippen LogP contribution is -2.32. The number of aromatic nitrogens is 2. The normalized spacial score (nSPS) is 12.3. The second kappa shape index (κ2) is 10.4. The Morgan fingerprint density at radius 2 is 1.77 bits per heavy atom. The number of benzene rings is 2. The van der Waals surface area contributed by atoms with Crippen molar-refractivity contribution in [1.29, 1.82) is 0 Å². The third kappa shape index (κ3) is 6.02. The molecular weight excluding hydrogens is 408 g/mol. The van der Waals surface area contributed by atoms with Crippen molar-refractivity contribution in [2.75, 3.05) is 20.8 Å². The molecule has 2 aromatic carbocycles. The number of hydrogen-bond donors (Lipinski definition) is 2. The number of hydrogen-bond acceptors (Lipinski definition) is 6. The molecule has 7 nitrogen and oxygen atoms in total. The van der Waals surface area contributed by atoms with Gasteiger partial charge in [0, 0.05) is 38.5 Å². The summed E-state index contributed by atoms with van der Waals surface area (Å²) in [5.74, 6) is -1.46. The van der Waals surface area contributed by atoms with Crippen LogP contribution in [0.3, 0.4) is 0 Å². The van der Waals surface area contributed by atoms with Crippen LogP contribution in [0.4, 0.5) is 8.78 Å². The Morgan fingerprint density at radius 1 is 1.06 bits per heavy atom. The Morgan fingerprint density at radius 3 is 2.45 bits per heavy atom. The zero-order chi connectivity index (χ0) is 22.4. The summed E-state index contributed by atoms with van der Waals surface area (Å²) < 4.78 is 38.4. The maximum Gasteiger partial charge on any atom is 0.267 e. The molecule has 0 aliphatic carbocycles. The number of nitrogens with one attached hydrogen (secondary N) is 1. The lowest BCUT2D eigenvalue weighted by molar-refractivity contribution is -0.104. The molecule has 1 atom stereocenters. The van der Waals surface area contributed by atoms with E-state index in [0.717, 1.165) is 18.2 Å². The standard InChI is InChI=1S/C22H23F2N3O4/c1-30-21(31-2)12-25-22(29)15-5-3-4-14(8-15)13-27-20(28)7-6-19(26-27)16-9-17(23)11-18(24)10-16/h3-11,21-22,25,29H,12-13H2,1-2H3. The van der Waals surface area contributed by atoms with Crippen LogP contribution in [0.2, 0.25) is 0 Å². The van der Waals surface area contributed by atoms with Gasteiger partial charge in [-0.15, -0.1) is 0 Å². The topological polar surface area (TPSA) is 85.6 Å². The van der Waals surface area contributed by atoms with Crippen molar-refractivity contribution in [2.24, 2.45) is 0 Å². The van der Waals surface area contributed by atoms with E-state index in [0.29, 0.717) is 11.1 Å². The van der Waals surface area contributed by atoms with E-state index < -0.39 is 24.2 Å². The number of nitrogens with zero attached hydrogens (tertiary/aromatic N) is 2. The van der Waals surface area contributed by atoms with Gasteiger partial charge in [-0.25, -0.2) is 13.5 Å². The van der Waals surface area contributed by atoms with E-state index in [1.54, 1.807) is 24.3 Å². The lowest BCUT2D eigenvalue weighted by atomic mass is 10.1. The molecule has 0 saturated heterocycles. The Bertz CT molecular complexity index is 1070. The molecule has 0 radical (unpaired) electrons. The molecule has 3 rings (SSSR count). The third-order valence-electron chi connectivity index (χ3n) is 4.63. The molecule has 1 unspecified atom stereocenters. The Kier molecular flexibility index (Phi) is 7.59. The molecule has 0 aliphatic rings. The average Bonchev–Trinajstić information content (AvgIpc) is 2.75. The first-order valence-electron chi connectivity index (χ1n) is 9.50. The molecule has 0 amide bonds. The zero-order valence-corrected chi connectivity index (χ0v) is 17.1. The fourth-order valence-electron chi connectivity index (χ4n) is 3.04. The van der Waals surface area contributed by atoms with Crippen molar-refractivity contribution in [3.05, 3.63) is 87.7 Å². The van der Waals surface area contributed by atoms with Crippen LogP contribution in [0.5, 0.6) is 0 Å². The molecule has 1 aromatic heterocycles. The van der Waals surface area contributed by atoms with Crippen LogP contribution >= 0.6 is 0 Å². The Balaban J connectivity index is 1.80. The molecule has 9 heteroatoms. The summed E-state index contributed by atoms with van der Waals surface area (Å²) in [5.41, 5.74) is 1.42. The van der Waals surface area contributed by atoms with Crippen LogP contribution < -0.4 is 10.9 Å². The van der Waals surface area contributed by atoms with Gasteiger partial charge in [-0.3, -0.25) is 10.1 Å². The maximum atomic E-state index is 13.5. The first-order valence-corrected chi connectivity index (χ1v) is 9.50. The van der Waals surface area contributed by atoms with Crippen molar-refractivity contribution >= 4 is 0 Å². The summed E-state index contributed by atoms with van der Waals surface area (Å²) >= 11 is 0. The summed E-state index contributed by atoms with van der Waals surface area (Å²) in [6.07, 6.45) is -1.48. The highest BCUT2D eigenvalue weighted by molar-refractivity contribution is 5.58. The number of aliphatic hydroxyl groups is 1. The van der Waals surface area contributed by atoms with Gasteiger partial charge in [-0.2, -0.15) is 5.10 Å². The molecule has 0 spiro atoms. The predicted molar refractivity (Wildman–Crippen MR) is 110 cm³/mol. The second-order valence-electron chi connectivity index (χ2n) is 6.83. The quantitative estimate of drug-likeness (QED) is 0.507. The molecule has 0 saturated carbocycles. The molecule has 0 aliphatic heterocycles. The van der Waals surface area contributed by atoms with Crippen molar-refractivity contribution in [3.63, 3.8) is 0 Å². The van der Waals surface area contributed by atoms with Crippen molar-refractivity contribution in [3.8, 4) is 11.3 Å². The molecule has 3 aromatic rings. The third-order valence-corrected chi connectivity index (χ3v) is 4.63. The molecule has 1 heterocycles. The molecular formula is C22H23F2N3O4. The fourth-order valence-corrected chi connectivity index (χ4v) is 3.04. The summed E-state index contributed by atoms with van der Waals surface area (Å²) in [4.78, 5) is 12.3. The first-order chi connectivity index (χ1) is 14.9. The highest BCUT2D eigenvalue weighted by atomic mass is 19.1. The minimum Gasteiger partial charge on any atom is -0.374 e. The number of aliphatic hydroxyl groups excluding tert-OH is 1. The van der Waals surface area contributed by atoms with Crippen LogP contribution in [-0.4, -0.2) is 41.9 Å². The number of halogens is 2. The van der Waals surface area contributed by atoms with Gasteiger partial charge in [0.25, 0.3) is 5.56 Å². The smallest absolute Gasteiger partial charge is 0.267 e. The Hall–Kier alpha value is -2.98. The molecule has 0 bridgehead atoms. The van der Waals surface area contributed by atoms with Crippen LogP contribution in [0.25, 0.3) is 11.3 Å². The number of methoxy groups -OCH3 is 2. The van der Waals surface area contributed by atoms with E-state index in [2.05, 4.69) is 10.4 Å². The summed E-state index contributed by atoms with van der Waals surface area (Å²) in [6, 6.07) is 12.8. The fraction of sp³-hybridized carbons (Fsp3) is 0.273. The zero-order valence-electron chi connectivity index (χ0n) is 17.1. The van der Waals surface area contributed by atoms with Crippen LogP contribution in [-0.2, 0) is 16.0 Å². The van der Waals surface area contributed by atoms with E-state index in [4.69, 9.17) is 9.47 Å². The van der Waals surface area contributed by atoms with E-state index >= 15 is 0 Å². The van der Waals surface area contributed by atoms with E-state index in [1.807, 2.05) is 0 Å². The van der Waals surface area contributed by atoms with Crippen LogP contribution in [0.1, 0.15) is 17.4 Å². The summed E-state index contributed by atoms with van der Waals surface area (Å²) in [7, 11) is 3.00. The minimum absolute atomic E-state index is 0.115. The molecule has 0 fully saturated rings. The van der Waals surface area contributed by atoms with Crippen LogP contribution in [0.15, 0.2) is 59.4 Å². The highest BCUT2D eigenvalue weighted by Crippen LogP contribution is 2.19. The van der Waals surface area contributed by atoms with Gasteiger partial charge in [0.1, 0.15) is 17.9 Å². The molecule has 31 heavy (non-hydrogen) atoms. The largest absolute Gasteiger partial charge is 0.374 e. The second-order valence-corrected chi connectivity index (χ2v) is 6.83. The highest BCUT2D eigenvalue weighted by Gasteiger charge is 2.12. The summed E-state index contributed by atoms with van der Waals surface area (Å²) in [6.45, 7) is 0.384. The minimum atomic E-state index is -0.973. The van der Waals surface area contributed by atoms with Crippen molar-refractivity contribution < 1.29 is 23.4 Å². The number of rotatable bonds is 9. The van der Waals surface area contributed by atoms with Gasteiger partial charge in [-0.1, -0.05) is 18.2 Å². The van der Waals surface area contributed by atoms with E-state index in [-0.39, 0.29) is 29.9 Å². The van der Waals surface area contributed by atoms with Gasteiger partial charge in [-0.05, 0) is 35.4 Å². The van der Waals surface area contributed by atoms with Gasteiger partial charge in [0.15, 0.2) is 6.29 Å². The summed E-state index contributed by atoms with van der Waals surface area (Å²) in [5, 5.41) is 17.5.